The highest BCUT2D eigenvalue weighted by molar-refractivity contribution is 5.94. The Kier molecular flexibility index (Phi) is 5.43. The Morgan fingerprint density at radius 3 is 2.54 bits per heavy atom. The first-order chi connectivity index (χ1) is 13.6. The van der Waals surface area contributed by atoms with Crippen molar-refractivity contribution in [2.24, 2.45) is 0 Å². The van der Waals surface area contributed by atoms with Gasteiger partial charge in [0, 0.05) is 57.2 Å². The van der Waals surface area contributed by atoms with Crippen LogP contribution in [-0.4, -0.2) is 71.1 Å². The van der Waals surface area contributed by atoms with E-state index in [-0.39, 0.29) is 23.2 Å². The lowest BCUT2D eigenvalue weighted by molar-refractivity contribution is 0.0555. The summed E-state index contributed by atoms with van der Waals surface area (Å²) in [5.41, 5.74) is 1.18. The Balaban J connectivity index is 1.36. The molecule has 0 bridgehead atoms. The molecule has 2 saturated heterocycles. The standard InChI is InChI=1S/C21H25FN4O2/c22-16-5-7-17(8-6-16)24-11-13-25(14-12-24)18-3-2-10-26(15-18)21(28)20-19(27)4-1-9-23-20/h1,4-9,18,27H,2-3,10-15H2. The number of likely N-dealkylation sites (tertiary alicyclic amines) is 1. The Bertz CT molecular complexity index is 821. The largest absolute Gasteiger partial charge is 0.505 e. The maximum Gasteiger partial charge on any atom is 0.276 e. The predicted molar refractivity (Wildman–Crippen MR) is 105 cm³/mol. The molecule has 6 nitrogen and oxygen atoms in total. The van der Waals surface area contributed by atoms with Crippen molar-refractivity contribution in [1.29, 1.82) is 0 Å². The maximum atomic E-state index is 13.1. The van der Waals surface area contributed by atoms with Crippen LogP contribution in [0, 0.1) is 5.82 Å². The van der Waals surface area contributed by atoms with Crippen LogP contribution < -0.4 is 4.90 Å². The quantitative estimate of drug-likeness (QED) is 0.880. The van der Waals surface area contributed by atoms with Crippen molar-refractivity contribution < 1.29 is 14.3 Å². The zero-order chi connectivity index (χ0) is 19.5. The van der Waals surface area contributed by atoms with Crippen LogP contribution in [0.2, 0.25) is 0 Å². The van der Waals surface area contributed by atoms with Crippen LogP contribution in [0.5, 0.6) is 5.75 Å². The molecule has 4 rings (SSSR count). The van der Waals surface area contributed by atoms with Crippen LogP contribution in [0.3, 0.4) is 0 Å². The van der Waals surface area contributed by atoms with Crippen molar-refractivity contribution in [3.63, 3.8) is 0 Å². The molecule has 2 aromatic rings. The molecular formula is C21H25FN4O2. The summed E-state index contributed by atoms with van der Waals surface area (Å²) in [5, 5.41) is 9.93. The molecule has 3 heterocycles. The number of piperazine rings is 1. The minimum Gasteiger partial charge on any atom is -0.505 e. The molecule has 2 fully saturated rings. The fraction of sp³-hybridized carbons (Fsp3) is 0.429. The van der Waals surface area contributed by atoms with Crippen LogP contribution in [0.15, 0.2) is 42.6 Å². The van der Waals surface area contributed by atoms with E-state index in [0.29, 0.717) is 19.1 Å². The van der Waals surface area contributed by atoms with E-state index in [4.69, 9.17) is 0 Å². The lowest BCUT2D eigenvalue weighted by Crippen LogP contribution is -2.56. The molecule has 1 aromatic heterocycles. The Hall–Kier alpha value is -2.67. The molecule has 0 spiro atoms. The molecule has 2 aliphatic rings. The molecule has 1 N–H and O–H groups in total. The van der Waals surface area contributed by atoms with E-state index in [1.54, 1.807) is 6.07 Å². The van der Waals surface area contributed by atoms with Crippen molar-refractivity contribution in [2.75, 3.05) is 44.2 Å². The van der Waals surface area contributed by atoms with Crippen molar-refractivity contribution in [3.05, 3.63) is 54.1 Å². The first-order valence-corrected chi connectivity index (χ1v) is 9.79. The van der Waals surface area contributed by atoms with E-state index in [2.05, 4.69) is 14.8 Å². The number of amides is 1. The van der Waals surface area contributed by atoms with Gasteiger partial charge in [0.15, 0.2) is 5.69 Å². The van der Waals surface area contributed by atoms with Crippen molar-refractivity contribution >= 4 is 11.6 Å². The highest BCUT2D eigenvalue weighted by Crippen LogP contribution is 2.23. The van der Waals surface area contributed by atoms with Crippen LogP contribution in [0.4, 0.5) is 10.1 Å². The molecule has 0 aliphatic carbocycles. The van der Waals surface area contributed by atoms with Crippen LogP contribution in [0.25, 0.3) is 0 Å². The summed E-state index contributed by atoms with van der Waals surface area (Å²) < 4.78 is 13.1. The monoisotopic (exact) mass is 384 g/mol. The van der Waals surface area contributed by atoms with Gasteiger partial charge < -0.3 is 14.9 Å². The van der Waals surface area contributed by atoms with E-state index >= 15 is 0 Å². The van der Waals surface area contributed by atoms with Gasteiger partial charge in [-0.15, -0.1) is 0 Å². The van der Waals surface area contributed by atoms with E-state index in [1.807, 2.05) is 17.0 Å². The zero-order valence-electron chi connectivity index (χ0n) is 15.8. The smallest absolute Gasteiger partial charge is 0.276 e. The number of piperidine rings is 1. The molecule has 1 amide bonds. The number of carbonyl (C=O) groups excluding carboxylic acids is 1. The molecule has 1 unspecified atom stereocenters. The molecule has 0 radical (unpaired) electrons. The fourth-order valence-corrected chi connectivity index (χ4v) is 4.15. The summed E-state index contributed by atoms with van der Waals surface area (Å²) in [4.78, 5) is 23.3. The third-order valence-corrected chi connectivity index (χ3v) is 5.70. The molecule has 28 heavy (non-hydrogen) atoms. The molecule has 0 saturated carbocycles. The number of aromatic nitrogens is 1. The van der Waals surface area contributed by atoms with E-state index in [9.17, 15) is 14.3 Å². The van der Waals surface area contributed by atoms with Crippen LogP contribution in [0.1, 0.15) is 23.3 Å². The fourth-order valence-electron chi connectivity index (χ4n) is 4.15. The van der Waals surface area contributed by atoms with E-state index in [1.165, 1.54) is 24.4 Å². The molecule has 1 aromatic carbocycles. The summed E-state index contributed by atoms with van der Waals surface area (Å²) in [6, 6.07) is 10.1. The summed E-state index contributed by atoms with van der Waals surface area (Å²) >= 11 is 0. The molecule has 2 aliphatic heterocycles. The molecular weight excluding hydrogens is 359 g/mol. The molecule has 1 atom stereocenters. The van der Waals surface area contributed by atoms with Gasteiger partial charge in [-0.2, -0.15) is 0 Å². The van der Waals surface area contributed by atoms with Gasteiger partial charge in [0.1, 0.15) is 11.6 Å². The number of pyridine rings is 1. The highest BCUT2D eigenvalue weighted by atomic mass is 19.1. The van der Waals surface area contributed by atoms with Crippen LogP contribution in [-0.2, 0) is 0 Å². The van der Waals surface area contributed by atoms with Gasteiger partial charge in [-0.1, -0.05) is 0 Å². The van der Waals surface area contributed by atoms with E-state index in [0.717, 1.165) is 44.7 Å². The first kappa shape index (κ1) is 18.7. The minimum absolute atomic E-state index is 0.0671. The third-order valence-electron chi connectivity index (χ3n) is 5.70. The van der Waals surface area contributed by atoms with Gasteiger partial charge >= 0.3 is 0 Å². The number of benzene rings is 1. The van der Waals surface area contributed by atoms with Crippen molar-refractivity contribution in [3.8, 4) is 5.75 Å². The lowest BCUT2D eigenvalue weighted by atomic mass is 10.0. The molecule has 7 heteroatoms. The van der Waals surface area contributed by atoms with Gasteiger partial charge in [0.2, 0.25) is 0 Å². The average Bonchev–Trinajstić information content (AvgIpc) is 2.74. The number of hydrogen-bond donors (Lipinski definition) is 1. The highest BCUT2D eigenvalue weighted by Gasteiger charge is 2.31. The van der Waals surface area contributed by atoms with Crippen molar-refractivity contribution in [1.82, 2.24) is 14.8 Å². The maximum absolute atomic E-state index is 13.1. The third kappa shape index (κ3) is 3.94. The number of aromatic hydroxyl groups is 1. The second kappa shape index (κ2) is 8.14. The lowest BCUT2D eigenvalue weighted by Gasteiger charge is -2.43. The number of rotatable bonds is 3. The van der Waals surface area contributed by atoms with Gasteiger partial charge in [0.05, 0.1) is 0 Å². The summed E-state index contributed by atoms with van der Waals surface area (Å²) in [6.07, 6.45) is 3.54. The Labute approximate surface area is 164 Å². The zero-order valence-corrected chi connectivity index (χ0v) is 15.8. The van der Waals surface area contributed by atoms with Crippen molar-refractivity contribution in [2.45, 2.75) is 18.9 Å². The SMILES string of the molecule is O=C(c1ncccc1O)N1CCCC(N2CCN(c3ccc(F)cc3)CC2)C1. The van der Waals surface area contributed by atoms with Crippen LogP contribution >= 0.6 is 0 Å². The molecule has 148 valence electrons. The average molecular weight is 384 g/mol. The number of carbonyl (C=O) groups is 1. The topological polar surface area (TPSA) is 59.9 Å². The summed E-state index contributed by atoms with van der Waals surface area (Å²) in [7, 11) is 0. The van der Waals surface area contributed by atoms with E-state index < -0.39 is 0 Å². The second-order valence-electron chi connectivity index (χ2n) is 7.42. The first-order valence-electron chi connectivity index (χ1n) is 9.79. The number of hydrogen-bond acceptors (Lipinski definition) is 5. The summed E-state index contributed by atoms with van der Waals surface area (Å²) in [5.74, 6) is -0.483. The Morgan fingerprint density at radius 2 is 1.82 bits per heavy atom. The van der Waals surface area contributed by atoms with Gasteiger partial charge in [0.25, 0.3) is 5.91 Å². The summed E-state index contributed by atoms with van der Waals surface area (Å²) in [6.45, 7) is 4.96. The predicted octanol–water partition coefficient (Wildman–Crippen LogP) is 2.35. The second-order valence-corrected chi connectivity index (χ2v) is 7.42. The van der Waals surface area contributed by atoms with Gasteiger partial charge in [-0.3, -0.25) is 9.69 Å². The minimum atomic E-state index is -0.215. The Morgan fingerprint density at radius 1 is 1.07 bits per heavy atom. The normalized spacial score (nSPS) is 21.0. The number of halogens is 1. The van der Waals surface area contributed by atoms with Gasteiger partial charge in [-0.25, -0.2) is 9.37 Å². The van der Waals surface area contributed by atoms with Gasteiger partial charge in [-0.05, 0) is 49.2 Å². The number of anilines is 1. The number of nitrogens with zero attached hydrogens (tertiary/aromatic N) is 4.